The summed E-state index contributed by atoms with van der Waals surface area (Å²) in [5, 5.41) is 19.6. The predicted octanol–water partition coefficient (Wildman–Crippen LogP) is 2.64. The van der Waals surface area contributed by atoms with E-state index in [0.717, 1.165) is 5.39 Å². The SMILES string of the molecule is CSC(=Nc1cccc2c(Cl)[nH]nc12)NC#N. The summed E-state index contributed by atoms with van der Waals surface area (Å²) in [6.45, 7) is 0. The van der Waals surface area contributed by atoms with E-state index in [0.29, 0.717) is 21.5 Å². The third kappa shape index (κ3) is 2.35. The van der Waals surface area contributed by atoms with Gasteiger partial charge in [0.2, 0.25) is 0 Å². The number of benzene rings is 1. The molecule has 1 aromatic heterocycles. The zero-order chi connectivity index (χ0) is 12.3. The number of H-pyrrole nitrogens is 1. The van der Waals surface area contributed by atoms with Crippen LogP contribution in [0.2, 0.25) is 5.15 Å². The highest BCUT2D eigenvalue weighted by Gasteiger charge is 2.07. The Morgan fingerprint density at radius 1 is 1.65 bits per heavy atom. The number of rotatable bonds is 1. The van der Waals surface area contributed by atoms with Crippen LogP contribution in [0, 0.1) is 11.5 Å². The van der Waals surface area contributed by atoms with E-state index in [1.54, 1.807) is 0 Å². The zero-order valence-corrected chi connectivity index (χ0v) is 10.4. The van der Waals surface area contributed by atoms with Gasteiger partial charge in [0.15, 0.2) is 11.4 Å². The number of thioether (sulfide) groups is 1. The lowest BCUT2D eigenvalue weighted by Crippen LogP contribution is -2.12. The van der Waals surface area contributed by atoms with Gasteiger partial charge in [-0.3, -0.25) is 10.4 Å². The Bertz CT molecular complexity index is 613. The van der Waals surface area contributed by atoms with Crippen LogP contribution in [0.1, 0.15) is 0 Å². The molecule has 1 heterocycles. The van der Waals surface area contributed by atoms with Gasteiger partial charge >= 0.3 is 0 Å². The van der Waals surface area contributed by atoms with Gasteiger partial charge in [0.25, 0.3) is 0 Å². The Balaban J connectivity index is 2.52. The maximum absolute atomic E-state index is 8.57. The van der Waals surface area contributed by atoms with Gasteiger partial charge in [-0.15, -0.1) is 0 Å². The lowest BCUT2D eigenvalue weighted by molar-refractivity contribution is 1.12. The van der Waals surface area contributed by atoms with Crippen molar-refractivity contribution in [2.45, 2.75) is 0 Å². The first-order chi connectivity index (χ1) is 8.26. The number of aromatic nitrogens is 2. The molecule has 0 saturated carbocycles. The number of hydrogen-bond donors (Lipinski definition) is 2. The van der Waals surface area contributed by atoms with E-state index in [-0.39, 0.29) is 0 Å². The van der Waals surface area contributed by atoms with Crippen molar-refractivity contribution in [3.63, 3.8) is 0 Å². The molecule has 0 aliphatic rings. The van der Waals surface area contributed by atoms with Crippen LogP contribution in [-0.2, 0) is 0 Å². The lowest BCUT2D eigenvalue weighted by atomic mass is 10.2. The summed E-state index contributed by atoms with van der Waals surface area (Å²) in [6, 6.07) is 5.51. The van der Waals surface area contributed by atoms with Crippen molar-refractivity contribution in [3.05, 3.63) is 23.4 Å². The Hall–Kier alpha value is -1.71. The van der Waals surface area contributed by atoms with Crippen LogP contribution < -0.4 is 5.32 Å². The van der Waals surface area contributed by atoms with Gasteiger partial charge in [0.05, 0.1) is 5.69 Å². The molecule has 0 bridgehead atoms. The Labute approximate surface area is 107 Å². The maximum Gasteiger partial charge on any atom is 0.183 e. The van der Waals surface area contributed by atoms with Crippen LogP contribution in [0.15, 0.2) is 23.2 Å². The van der Waals surface area contributed by atoms with Crippen molar-refractivity contribution in [2.24, 2.45) is 4.99 Å². The van der Waals surface area contributed by atoms with Crippen LogP contribution >= 0.6 is 23.4 Å². The average Bonchev–Trinajstić information content (AvgIpc) is 2.72. The molecule has 7 heteroatoms. The molecule has 0 amide bonds. The lowest BCUT2D eigenvalue weighted by Gasteiger charge is -2.00. The highest BCUT2D eigenvalue weighted by Crippen LogP contribution is 2.28. The van der Waals surface area contributed by atoms with Crippen LogP contribution in [0.25, 0.3) is 10.9 Å². The van der Waals surface area contributed by atoms with Crippen LogP contribution in [0.5, 0.6) is 0 Å². The summed E-state index contributed by atoms with van der Waals surface area (Å²) in [5.74, 6) is 0. The molecule has 2 aromatic rings. The van der Waals surface area contributed by atoms with Gasteiger partial charge in [0.1, 0.15) is 10.7 Å². The second-order valence-electron chi connectivity index (χ2n) is 3.07. The quantitative estimate of drug-likeness (QED) is 0.360. The average molecular weight is 266 g/mol. The fourth-order valence-corrected chi connectivity index (χ4v) is 1.90. The number of amidine groups is 1. The number of aromatic amines is 1. The van der Waals surface area contributed by atoms with E-state index in [1.807, 2.05) is 30.6 Å². The molecule has 17 heavy (non-hydrogen) atoms. The Kier molecular flexibility index (Phi) is 3.52. The largest absolute Gasteiger partial charge is 0.271 e. The summed E-state index contributed by atoms with van der Waals surface area (Å²) in [5.41, 5.74) is 1.35. The molecule has 0 spiro atoms. The van der Waals surface area contributed by atoms with Gasteiger partial charge in [0, 0.05) is 5.39 Å². The third-order valence-electron chi connectivity index (χ3n) is 2.10. The molecular formula is C10H8ClN5S. The molecule has 0 saturated heterocycles. The second-order valence-corrected chi connectivity index (χ2v) is 4.24. The fraction of sp³-hybridized carbons (Fsp3) is 0.100. The summed E-state index contributed by atoms with van der Waals surface area (Å²) < 4.78 is 0. The molecule has 0 fully saturated rings. The molecule has 0 aliphatic heterocycles. The molecule has 2 rings (SSSR count). The van der Waals surface area contributed by atoms with Gasteiger partial charge in [-0.1, -0.05) is 29.4 Å². The minimum absolute atomic E-state index is 0.482. The number of nitriles is 1. The van der Waals surface area contributed by atoms with E-state index in [9.17, 15) is 0 Å². The number of aliphatic imine (C=N–C) groups is 1. The van der Waals surface area contributed by atoms with Crippen molar-refractivity contribution in [3.8, 4) is 6.19 Å². The number of hydrogen-bond acceptors (Lipinski definition) is 4. The molecule has 86 valence electrons. The molecule has 0 radical (unpaired) electrons. The van der Waals surface area contributed by atoms with E-state index >= 15 is 0 Å². The van der Waals surface area contributed by atoms with E-state index in [2.05, 4.69) is 20.5 Å². The van der Waals surface area contributed by atoms with Gasteiger partial charge in [-0.2, -0.15) is 10.4 Å². The topological polar surface area (TPSA) is 76.9 Å². The van der Waals surface area contributed by atoms with E-state index in [4.69, 9.17) is 16.9 Å². The molecule has 5 nitrogen and oxygen atoms in total. The van der Waals surface area contributed by atoms with Crippen molar-refractivity contribution >= 4 is 45.1 Å². The monoisotopic (exact) mass is 265 g/mol. The zero-order valence-electron chi connectivity index (χ0n) is 8.86. The number of nitrogens with one attached hydrogen (secondary N) is 2. The normalized spacial score (nSPS) is 11.5. The van der Waals surface area contributed by atoms with Crippen LogP contribution in [0.3, 0.4) is 0 Å². The standard InChI is InChI=1S/C10H8ClN5S/c1-17-10(13-5-12)14-7-4-2-3-6-8(7)15-16-9(6)11/h2-4H,1H3,(H,13,14)(H,15,16). The molecule has 0 unspecified atom stereocenters. The Morgan fingerprint density at radius 2 is 2.47 bits per heavy atom. The van der Waals surface area contributed by atoms with Gasteiger partial charge < -0.3 is 0 Å². The second kappa shape index (κ2) is 5.08. The maximum atomic E-state index is 8.57. The number of halogens is 1. The van der Waals surface area contributed by atoms with Crippen LogP contribution in [-0.4, -0.2) is 21.6 Å². The van der Waals surface area contributed by atoms with Crippen molar-refractivity contribution in [1.29, 1.82) is 5.26 Å². The molecular weight excluding hydrogens is 258 g/mol. The molecule has 2 N–H and O–H groups in total. The summed E-state index contributed by atoms with van der Waals surface area (Å²) in [7, 11) is 0. The summed E-state index contributed by atoms with van der Waals surface area (Å²) >= 11 is 7.29. The number of nitrogens with zero attached hydrogens (tertiary/aromatic N) is 3. The van der Waals surface area contributed by atoms with Crippen molar-refractivity contribution < 1.29 is 0 Å². The highest BCUT2D eigenvalue weighted by molar-refractivity contribution is 8.13. The van der Waals surface area contributed by atoms with Crippen molar-refractivity contribution in [1.82, 2.24) is 15.5 Å². The van der Waals surface area contributed by atoms with Crippen molar-refractivity contribution in [2.75, 3.05) is 6.26 Å². The number of fused-ring (bicyclic) bond motifs is 1. The first kappa shape index (κ1) is 11.8. The Morgan fingerprint density at radius 3 is 3.18 bits per heavy atom. The fourth-order valence-electron chi connectivity index (χ4n) is 1.36. The minimum atomic E-state index is 0.482. The van der Waals surface area contributed by atoms with Gasteiger partial charge in [-0.05, 0) is 18.4 Å². The molecule has 1 aromatic carbocycles. The number of para-hydroxylation sites is 1. The van der Waals surface area contributed by atoms with Crippen LogP contribution in [0.4, 0.5) is 5.69 Å². The minimum Gasteiger partial charge on any atom is -0.271 e. The highest BCUT2D eigenvalue weighted by atomic mass is 35.5. The molecule has 0 atom stereocenters. The molecule has 0 aliphatic carbocycles. The third-order valence-corrected chi connectivity index (χ3v) is 2.96. The summed E-state index contributed by atoms with van der Waals surface area (Å²) in [4.78, 5) is 4.31. The predicted molar refractivity (Wildman–Crippen MR) is 70.5 cm³/mol. The summed E-state index contributed by atoms with van der Waals surface area (Å²) in [6.07, 6.45) is 3.67. The van der Waals surface area contributed by atoms with E-state index in [1.165, 1.54) is 11.8 Å². The van der Waals surface area contributed by atoms with E-state index < -0.39 is 0 Å². The van der Waals surface area contributed by atoms with Gasteiger partial charge in [-0.25, -0.2) is 4.99 Å². The smallest absolute Gasteiger partial charge is 0.183 e. The first-order valence-electron chi connectivity index (χ1n) is 4.66. The first-order valence-corrected chi connectivity index (χ1v) is 6.27.